The molecule has 1 atom stereocenters. The highest BCUT2D eigenvalue weighted by molar-refractivity contribution is 6.32. The zero-order valence-electron chi connectivity index (χ0n) is 9.88. The lowest BCUT2D eigenvalue weighted by Crippen LogP contribution is -2.31. The molecule has 8 heteroatoms. The predicted octanol–water partition coefficient (Wildman–Crippen LogP) is 2.67. The standard InChI is InChI=1S/C10H13ClF3N3O/c1-3-6(2)16-7-4-15-17(5-10(12,13)14)9(18)8(7)11/h4,6,16H,3,5H2,1-2H3. The molecule has 0 amide bonds. The van der Waals surface area contributed by atoms with Crippen LogP contribution in [0.1, 0.15) is 20.3 Å². The Labute approximate surface area is 107 Å². The summed E-state index contributed by atoms with van der Waals surface area (Å²) < 4.78 is 36.8. The zero-order chi connectivity index (χ0) is 13.9. The first kappa shape index (κ1) is 14.8. The van der Waals surface area contributed by atoms with E-state index >= 15 is 0 Å². The molecule has 0 fully saturated rings. The maximum atomic E-state index is 12.2. The van der Waals surface area contributed by atoms with Crippen molar-refractivity contribution in [3.63, 3.8) is 0 Å². The van der Waals surface area contributed by atoms with Gasteiger partial charge in [0.25, 0.3) is 5.56 Å². The van der Waals surface area contributed by atoms with Crippen LogP contribution in [0.3, 0.4) is 0 Å². The number of nitrogens with zero attached hydrogens (tertiary/aromatic N) is 2. The molecule has 1 rings (SSSR count). The summed E-state index contributed by atoms with van der Waals surface area (Å²) in [7, 11) is 0. The molecule has 1 aromatic heterocycles. The second-order valence-corrected chi connectivity index (χ2v) is 4.28. The summed E-state index contributed by atoms with van der Waals surface area (Å²) in [6.45, 7) is 2.33. The monoisotopic (exact) mass is 283 g/mol. The van der Waals surface area contributed by atoms with Gasteiger partial charge in [-0.15, -0.1) is 0 Å². The summed E-state index contributed by atoms with van der Waals surface area (Å²) in [5.74, 6) is 0. The number of alkyl halides is 3. The zero-order valence-corrected chi connectivity index (χ0v) is 10.6. The Bertz CT molecular complexity index is 472. The van der Waals surface area contributed by atoms with Crippen molar-refractivity contribution in [1.82, 2.24) is 9.78 Å². The van der Waals surface area contributed by atoms with Gasteiger partial charge in [-0.2, -0.15) is 18.3 Å². The summed E-state index contributed by atoms with van der Waals surface area (Å²) in [6.07, 6.45) is -2.60. The van der Waals surface area contributed by atoms with Gasteiger partial charge in [0, 0.05) is 6.04 Å². The third kappa shape index (κ3) is 3.90. The molecule has 0 spiro atoms. The van der Waals surface area contributed by atoms with Gasteiger partial charge in [-0.25, -0.2) is 4.68 Å². The topological polar surface area (TPSA) is 46.9 Å². The molecule has 102 valence electrons. The minimum atomic E-state index is -4.51. The summed E-state index contributed by atoms with van der Waals surface area (Å²) >= 11 is 5.73. The Morgan fingerprint density at radius 2 is 2.17 bits per heavy atom. The van der Waals surface area contributed by atoms with Gasteiger partial charge in [-0.05, 0) is 13.3 Å². The highest BCUT2D eigenvalue weighted by atomic mass is 35.5. The van der Waals surface area contributed by atoms with Crippen LogP contribution in [0.15, 0.2) is 11.0 Å². The van der Waals surface area contributed by atoms with E-state index in [0.717, 1.165) is 12.6 Å². The quantitative estimate of drug-likeness (QED) is 0.924. The van der Waals surface area contributed by atoms with E-state index in [1.807, 2.05) is 13.8 Å². The predicted molar refractivity (Wildman–Crippen MR) is 62.9 cm³/mol. The van der Waals surface area contributed by atoms with Crippen LogP contribution in [0.2, 0.25) is 5.02 Å². The SMILES string of the molecule is CCC(C)Nc1cnn(CC(F)(F)F)c(=O)c1Cl. The Kier molecular flexibility index (Phi) is 4.61. The molecule has 18 heavy (non-hydrogen) atoms. The number of anilines is 1. The lowest BCUT2D eigenvalue weighted by atomic mass is 10.2. The largest absolute Gasteiger partial charge is 0.408 e. The molecule has 0 aliphatic heterocycles. The summed E-state index contributed by atoms with van der Waals surface area (Å²) in [5.41, 5.74) is -0.711. The van der Waals surface area contributed by atoms with Crippen LogP contribution in [0.4, 0.5) is 18.9 Å². The molecular weight excluding hydrogens is 271 g/mol. The van der Waals surface area contributed by atoms with Crippen molar-refractivity contribution in [2.75, 3.05) is 5.32 Å². The third-order valence-electron chi connectivity index (χ3n) is 2.33. The number of aromatic nitrogens is 2. The summed E-state index contributed by atoms with van der Waals surface area (Å²) in [4.78, 5) is 11.6. The fourth-order valence-corrected chi connectivity index (χ4v) is 1.42. The maximum absolute atomic E-state index is 12.2. The van der Waals surface area contributed by atoms with Crippen LogP contribution < -0.4 is 10.9 Å². The first-order valence-corrected chi connectivity index (χ1v) is 5.71. The molecule has 0 saturated heterocycles. The molecule has 0 saturated carbocycles. The normalized spacial score (nSPS) is 13.4. The van der Waals surface area contributed by atoms with Crippen LogP contribution in [0.25, 0.3) is 0 Å². The minimum Gasteiger partial charge on any atom is -0.380 e. The van der Waals surface area contributed by atoms with Gasteiger partial charge in [0.1, 0.15) is 11.6 Å². The molecule has 0 aliphatic carbocycles. The Morgan fingerprint density at radius 1 is 1.56 bits per heavy atom. The Morgan fingerprint density at radius 3 is 2.67 bits per heavy atom. The van der Waals surface area contributed by atoms with Crippen molar-refractivity contribution >= 4 is 17.3 Å². The smallest absolute Gasteiger partial charge is 0.380 e. The molecular formula is C10H13ClF3N3O. The highest BCUT2D eigenvalue weighted by Gasteiger charge is 2.29. The van der Waals surface area contributed by atoms with Gasteiger partial charge in [-0.3, -0.25) is 4.79 Å². The van der Waals surface area contributed by atoms with Gasteiger partial charge >= 0.3 is 6.18 Å². The van der Waals surface area contributed by atoms with E-state index in [9.17, 15) is 18.0 Å². The molecule has 1 aromatic rings. The van der Waals surface area contributed by atoms with Crippen LogP contribution in [0, 0.1) is 0 Å². The van der Waals surface area contributed by atoms with E-state index in [1.165, 1.54) is 0 Å². The number of hydrogen-bond donors (Lipinski definition) is 1. The second kappa shape index (κ2) is 5.60. The minimum absolute atomic E-state index is 0.0437. The molecule has 0 aromatic carbocycles. The molecule has 0 bridgehead atoms. The summed E-state index contributed by atoms with van der Waals surface area (Å²) in [5, 5.41) is 6.07. The van der Waals surface area contributed by atoms with Gasteiger partial charge in [-0.1, -0.05) is 18.5 Å². The van der Waals surface area contributed by atoms with Crippen molar-refractivity contribution in [1.29, 1.82) is 0 Å². The van der Waals surface area contributed by atoms with Crippen LogP contribution in [0.5, 0.6) is 0 Å². The van der Waals surface area contributed by atoms with E-state index in [2.05, 4.69) is 10.4 Å². The van der Waals surface area contributed by atoms with Crippen molar-refractivity contribution in [3.05, 3.63) is 21.6 Å². The van der Waals surface area contributed by atoms with E-state index in [0.29, 0.717) is 4.68 Å². The summed E-state index contributed by atoms with van der Waals surface area (Å²) in [6, 6.07) is 0.0437. The average Bonchev–Trinajstić information content (AvgIpc) is 2.27. The van der Waals surface area contributed by atoms with Gasteiger partial charge in [0.05, 0.1) is 11.9 Å². The number of halogens is 4. The maximum Gasteiger partial charge on any atom is 0.408 e. The molecule has 1 unspecified atom stereocenters. The van der Waals surface area contributed by atoms with Crippen molar-refractivity contribution < 1.29 is 13.2 Å². The third-order valence-corrected chi connectivity index (χ3v) is 2.69. The van der Waals surface area contributed by atoms with Gasteiger partial charge in [0.15, 0.2) is 0 Å². The highest BCUT2D eigenvalue weighted by Crippen LogP contribution is 2.19. The molecule has 1 N–H and O–H groups in total. The second-order valence-electron chi connectivity index (χ2n) is 3.90. The fourth-order valence-electron chi connectivity index (χ4n) is 1.22. The van der Waals surface area contributed by atoms with Crippen LogP contribution >= 0.6 is 11.6 Å². The van der Waals surface area contributed by atoms with Crippen LogP contribution in [-0.2, 0) is 6.54 Å². The van der Waals surface area contributed by atoms with Crippen molar-refractivity contribution in [3.8, 4) is 0 Å². The fraction of sp³-hybridized carbons (Fsp3) is 0.600. The lowest BCUT2D eigenvalue weighted by Gasteiger charge is -2.15. The number of hydrogen-bond acceptors (Lipinski definition) is 3. The number of rotatable bonds is 4. The Hall–Kier alpha value is -1.24. The molecule has 0 aliphatic rings. The first-order chi connectivity index (χ1) is 8.24. The molecule has 4 nitrogen and oxygen atoms in total. The van der Waals surface area contributed by atoms with E-state index in [-0.39, 0.29) is 16.8 Å². The first-order valence-electron chi connectivity index (χ1n) is 5.33. The van der Waals surface area contributed by atoms with Gasteiger partial charge < -0.3 is 5.32 Å². The Balaban J connectivity index is 3.02. The lowest BCUT2D eigenvalue weighted by molar-refractivity contribution is -0.143. The molecule has 1 heterocycles. The van der Waals surface area contributed by atoms with E-state index in [4.69, 9.17) is 11.6 Å². The molecule has 0 radical (unpaired) electrons. The van der Waals surface area contributed by atoms with E-state index < -0.39 is 18.3 Å². The van der Waals surface area contributed by atoms with Gasteiger partial charge in [0.2, 0.25) is 0 Å². The van der Waals surface area contributed by atoms with E-state index in [1.54, 1.807) is 0 Å². The average molecular weight is 284 g/mol. The van der Waals surface area contributed by atoms with Crippen molar-refractivity contribution in [2.24, 2.45) is 0 Å². The van der Waals surface area contributed by atoms with Crippen LogP contribution in [-0.4, -0.2) is 22.0 Å². The van der Waals surface area contributed by atoms with Crippen molar-refractivity contribution in [2.45, 2.75) is 39.0 Å². The number of nitrogens with one attached hydrogen (secondary N) is 1.